The zero-order valence-electron chi connectivity index (χ0n) is 13.1. The molecule has 0 N–H and O–H groups in total. The first-order valence-corrected chi connectivity index (χ1v) is 12.5. The predicted molar refractivity (Wildman–Crippen MR) is 99.6 cm³/mol. The fourth-order valence-corrected chi connectivity index (χ4v) is 9.67. The van der Waals surface area contributed by atoms with Gasteiger partial charge in [-0.05, 0) is 27.7 Å². The van der Waals surface area contributed by atoms with Crippen LogP contribution >= 0.6 is 63.0 Å². The van der Waals surface area contributed by atoms with Crippen LogP contribution < -0.4 is 0 Å². The SMILES string of the molecule is CCOP(=O)(OCC)C(CC(Br)(Br)Br)P(=O)(OCC)OCC. The molecule has 0 saturated heterocycles. The maximum absolute atomic E-state index is 13.1. The first-order valence-electron chi connectivity index (χ1n) is 6.92. The average Bonchev–Trinajstić information content (AvgIpc) is 2.36. The molecule has 22 heavy (non-hydrogen) atoms. The number of alkyl halides is 3. The third kappa shape index (κ3) is 7.75. The van der Waals surface area contributed by atoms with Gasteiger partial charge in [0.1, 0.15) is 2.14 Å². The highest BCUT2D eigenvalue weighted by Gasteiger charge is 2.53. The van der Waals surface area contributed by atoms with Crippen molar-refractivity contribution in [1.29, 1.82) is 0 Å². The third-order valence-electron chi connectivity index (χ3n) is 2.38. The van der Waals surface area contributed by atoms with Gasteiger partial charge in [0.05, 0.1) is 26.4 Å². The van der Waals surface area contributed by atoms with E-state index in [-0.39, 0.29) is 32.8 Å². The van der Waals surface area contributed by atoms with Gasteiger partial charge >= 0.3 is 15.2 Å². The van der Waals surface area contributed by atoms with E-state index in [1.165, 1.54) is 0 Å². The summed E-state index contributed by atoms with van der Waals surface area (Å²) in [5, 5.41) is -1.07. The largest absolute Gasteiger partial charge is 0.345 e. The molecule has 0 atom stereocenters. The number of rotatable bonds is 11. The van der Waals surface area contributed by atoms with Crippen LogP contribution in [0.3, 0.4) is 0 Å². The Hall–Kier alpha value is 1.74. The second-order valence-electron chi connectivity index (χ2n) is 4.05. The lowest BCUT2D eigenvalue weighted by atomic mass is 10.6. The lowest BCUT2D eigenvalue weighted by Crippen LogP contribution is -2.22. The highest BCUT2D eigenvalue weighted by Crippen LogP contribution is 2.73. The van der Waals surface area contributed by atoms with E-state index in [1.807, 2.05) is 0 Å². The molecule has 0 heterocycles. The van der Waals surface area contributed by atoms with Crippen molar-refractivity contribution in [3.05, 3.63) is 0 Å². The molecular weight excluding hydrogens is 530 g/mol. The van der Waals surface area contributed by atoms with Crippen LogP contribution in [0.5, 0.6) is 0 Å². The van der Waals surface area contributed by atoms with Crippen molar-refractivity contribution in [2.24, 2.45) is 0 Å². The van der Waals surface area contributed by atoms with Gasteiger partial charge in [0.2, 0.25) is 0 Å². The Morgan fingerprint density at radius 2 is 1.05 bits per heavy atom. The van der Waals surface area contributed by atoms with Crippen LogP contribution in [0.2, 0.25) is 0 Å². The van der Waals surface area contributed by atoms with Crippen LogP contribution in [0.4, 0.5) is 0 Å². The van der Waals surface area contributed by atoms with Crippen molar-refractivity contribution < 1.29 is 27.2 Å². The monoisotopic (exact) mass is 550 g/mol. The highest BCUT2D eigenvalue weighted by atomic mass is 80.0. The molecule has 0 aromatic carbocycles. The molecule has 0 unspecified atom stereocenters. The Morgan fingerprint density at radius 3 is 1.23 bits per heavy atom. The summed E-state index contributed by atoms with van der Waals surface area (Å²) >= 11 is 10.0. The molecule has 0 aliphatic heterocycles. The molecule has 6 nitrogen and oxygen atoms in total. The Bertz CT molecular complexity index is 365. The summed E-state index contributed by atoms with van der Waals surface area (Å²) in [5.74, 6) is 0. The minimum absolute atomic E-state index is 0.0988. The minimum Gasteiger partial charge on any atom is -0.308 e. The van der Waals surface area contributed by atoms with E-state index in [1.54, 1.807) is 27.7 Å². The number of hydrogen-bond donors (Lipinski definition) is 0. The standard InChI is InChI=1S/C11H23Br3O6P2/c1-5-17-21(15,18-6-2)10(9-11(12,13)14)22(16,19-7-3)20-8-4/h10H,5-9H2,1-4H3. The maximum atomic E-state index is 13.1. The molecule has 0 aliphatic carbocycles. The van der Waals surface area contributed by atoms with E-state index in [9.17, 15) is 9.13 Å². The van der Waals surface area contributed by atoms with E-state index >= 15 is 0 Å². The van der Waals surface area contributed by atoms with Crippen LogP contribution in [-0.4, -0.2) is 34.0 Å². The lowest BCUT2D eigenvalue weighted by Gasteiger charge is -2.33. The number of hydrogen-bond acceptors (Lipinski definition) is 6. The predicted octanol–water partition coefficient (Wildman–Crippen LogP) is 6.07. The molecule has 0 rings (SSSR count). The van der Waals surface area contributed by atoms with Crippen LogP contribution in [0.25, 0.3) is 0 Å². The second-order valence-corrected chi connectivity index (χ2v) is 16.2. The van der Waals surface area contributed by atoms with Crippen molar-refractivity contribution in [3.8, 4) is 0 Å². The summed E-state index contributed by atoms with van der Waals surface area (Å²) in [4.78, 5) is 0. The second kappa shape index (κ2) is 10.7. The van der Waals surface area contributed by atoms with Crippen molar-refractivity contribution in [1.82, 2.24) is 0 Å². The molecule has 0 saturated carbocycles. The molecule has 0 bridgehead atoms. The molecule has 11 heteroatoms. The topological polar surface area (TPSA) is 71.1 Å². The molecule has 0 spiro atoms. The van der Waals surface area contributed by atoms with Gasteiger partial charge < -0.3 is 18.1 Å². The smallest absolute Gasteiger partial charge is 0.308 e. The van der Waals surface area contributed by atoms with Gasteiger partial charge in [0.25, 0.3) is 0 Å². The summed E-state index contributed by atoms with van der Waals surface area (Å²) in [5.41, 5.74) is 0. The Balaban J connectivity index is 5.86. The van der Waals surface area contributed by atoms with Crippen molar-refractivity contribution >= 4 is 63.0 Å². The summed E-state index contributed by atoms with van der Waals surface area (Å²) in [6.07, 6.45) is 0.0988. The quantitative estimate of drug-likeness (QED) is 0.229. The molecule has 0 fully saturated rings. The van der Waals surface area contributed by atoms with Crippen molar-refractivity contribution in [3.63, 3.8) is 0 Å². The minimum atomic E-state index is -3.71. The first-order chi connectivity index (χ1) is 10.1. The molecule has 134 valence electrons. The molecule has 0 amide bonds. The Labute approximate surface area is 157 Å². The fraction of sp³-hybridized carbons (Fsp3) is 1.00. The lowest BCUT2D eigenvalue weighted by molar-refractivity contribution is 0.194. The van der Waals surface area contributed by atoms with Crippen LogP contribution in [-0.2, 0) is 27.2 Å². The summed E-state index contributed by atoms with van der Waals surface area (Å²) in [6.45, 7) is 7.41. The van der Waals surface area contributed by atoms with E-state index in [2.05, 4.69) is 47.8 Å². The summed E-state index contributed by atoms with van der Waals surface area (Å²) in [7, 11) is -7.42. The fourth-order valence-electron chi connectivity index (χ4n) is 1.74. The van der Waals surface area contributed by atoms with Crippen LogP contribution in [0.1, 0.15) is 34.1 Å². The molecular formula is C11H23Br3O6P2. The van der Waals surface area contributed by atoms with Crippen LogP contribution in [0.15, 0.2) is 0 Å². The normalized spacial score (nSPS) is 13.8. The van der Waals surface area contributed by atoms with Crippen molar-refractivity contribution in [2.45, 2.75) is 41.7 Å². The Kier molecular flexibility index (Phi) is 11.5. The van der Waals surface area contributed by atoms with E-state index in [0.29, 0.717) is 0 Å². The van der Waals surface area contributed by atoms with Gasteiger partial charge in [-0.1, -0.05) is 47.8 Å². The maximum Gasteiger partial charge on any atom is 0.345 e. The van der Waals surface area contributed by atoms with Crippen molar-refractivity contribution in [2.75, 3.05) is 26.4 Å². The molecule has 0 aliphatic rings. The van der Waals surface area contributed by atoms with Gasteiger partial charge in [-0.15, -0.1) is 0 Å². The van der Waals surface area contributed by atoms with Gasteiger partial charge in [0, 0.05) is 6.42 Å². The highest BCUT2D eigenvalue weighted by molar-refractivity contribution is 9.39. The molecule has 0 radical (unpaired) electrons. The van der Waals surface area contributed by atoms with Gasteiger partial charge in [-0.25, -0.2) is 0 Å². The van der Waals surface area contributed by atoms with E-state index in [4.69, 9.17) is 18.1 Å². The summed E-state index contributed by atoms with van der Waals surface area (Å²) < 4.78 is 46.9. The Morgan fingerprint density at radius 1 is 0.773 bits per heavy atom. The third-order valence-corrected chi connectivity index (χ3v) is 9.35. The van der Waals surface area contributed by atoms with E-state index in [0.717, 1.165) is 0 Å². The van der Waals surface area contributed by atoms with Gasteiger partial charge in [-0.3, -0.25) is 9.13 Å². The van der Waals surface area contributed by atoms with Gasteiger partial charge in [-0.2, -0.15) is 0 Å². The molecule has 0 aromatic heterocycles. The van der Waals surface area contributed by atoms with E-state index < -0.39 is 22.7 Å². The zero-order chi connectivity index (χ0) is 17.4. The number of halogens is 3. The molecule has 0 aromatic rings. The summed E-state index contributed by atoms with van der Waals surface area (Å²) in [6, 6.07) is 0. The average molecular weight is 553 g/mol. The van der Waals surface area contributed by atoms with Gasteiger partial charge in [0.15, 0.2) is 5.40 Å². The first kappa shape index (κ1) is 23.7. The van der Waals surface area contributed by atoms with Crippen LogP contribution in [0, 0.1) is 0 Å². The zero-order valence-corrected chi connectivity index (χ0v) is 19.6.